The van der Waals surface area contributed by atoms with Gasteiger partial charge in [-0.05, 0) is 63.1 Å². The van der Waals surface area contributed by atoms with Crippen LogP contribution in [0.3, 0.4) is 0 Å². The summed E-state index contributed by atoms with van der Waals surface area (Å²) in [5.74, 6) is 1.51. The number of aryl methyl sites for hydroxylation is 2. The maximum atomic E-state index is 12.4. The van der Waals surface area contributed by atoms with Crippen molar-refractivity contribution in [3.63, 3.8) is 0 Å². The highest BCUT2D eigenvalue weighted by Gasteiger charge is 2.25. The molecule has 2 aliphatic heterocycles. The maximum absolute atomic E-state index is 12.4. The number of likely N-dealkylation sites (tertiary alicyclic amines) is 1. The summed E-state index contributed by atoms with van der Waals surface area (Å²) in [5.41, 5.74) is 4.56. The number of fused-ring (bicyclic) bond motifs is 2. The van der Waals surface area contributed by atoms with Crippen molar-refractivity contribution < 1.29 is 9.26 Å². The molecule has 3 aliphatic rings. The molecule has 7 heteroatoms. The molecule has 0 N–H and O–H groups in total. The largest absolute Gasteiger partial charge is 0.376 e. The first kappa shape index (κ1) is 18.1. The summed E-state index contributed by atoms with van der Waals surface area (Å²) in [6.45, 7) is 4.96. The van der Waals surface area contributed by atoms with Crippen LogP contribution in [-0.2, 0) is 43.7 Å². The first-order chi connectivity index (χ1) is 13.8. The van der Waals surface area contributed by atoms with Gasteiger partial charge in [0.2, 0.25) is 0 Å². The van der Waals surface area contributed by atoms with Crippen LogP contribution in [0.15, 0.2) is 15.4 Å². The van der Waals surface area contributed by atoms with Crippen LogP contribution < -0.4 is 5.56 Å². The van der Waals surface area contributed by atoms with Gasteiger partial charge >= 0.3 is 0 Å². The van der Waals surface area contributed by atoms with E-state index in [1.807, 2.05) is 6.07 Å². The summed E-state index contributed by atoms with van der Waals surface area (Å²) in [7, 11) is 0. The van der Waals surface area contributed by atoms with Crippen molar-refractivity contribution in [2.45, 2.75) is 64.6 Å². The Morgan fingerprint density at radius 1 is 1.14 bits per heavy atom. The number of aromatic nitrogens is 3. The molecule has 4 heterocycles. The van der Waals surface area contributed by atoms with Crippen molar-refractivity contribution in [3.05, 3.63) is 44.7 Å². The quantitative estimate of drug-likeness (QED) is 0.804. The Balaban J connectivity index is 1.19. The lowest BCUT2D eigenvalue weighted by Gasteiger charge is -2.31. The first-order valence-electron chi connectivity index (χ1n) is 10.6. The molecule has 0 unspecified atom stereocenters. The minimum atomic E-state index is 0.0669. The predicted molar refractivity (Wildman–Crippen MR) is 103 cm³/mol. The van der Waals surface area contributed by atoms with Gasteiger partial charge in [-0.25, -0.2) is 4.68 Å². The summed E-state index contributed by atoms with van der Waals surface area (Å²) < 4.78 is 12.8. The molecule has 0 bridgehead atoms. The van der Waals surface area contributed by atoms with E-state index in [0.29, 0.717) is 12.5 Å². The Labute approximate surface area is 164 Å². The molecule has 2 aromatic rings. The molecule has 28 heavy (non-hydrogen) atoms. The average Bonchev–Trinajstić information content (AvgIpc) is 3.13. The molecular formula is C21H28N4O3. The van der Waals surface area contributed by atoms with Gasteiger partial charge in [0.15, 0.2) is 0 Å². The van der Waals surface area contributed by atoms with Gasteiger partial charge in [-0.15, -0.1) is 0 Å². The summed E-state index contributed by atoms with van der Waals surface area (Å²) in [4.78, 5) is 14.9. The van der Waals surface area contributed by atoms with Crippen LogP contribution in [0, 0.1) is 5.92 Å². The minimum Gasteiger partial charge on any atom is -0.376 e. The zero-order valence-electron chi connectivity index (χ0n) is 16.4. The van der Waals surface area contributed by atoms with Gasteiger partial charge in [0.05, 0.1) is 18.9 Å². The lowest BCUT2D eigenvalue weighted by Crippen LogP contribution is -2.37. The molecule has 1 fully saturated rings. The van der Waals surface area contributed by atoms with Crippen LogP contribution in [0.5, 0.6) is 0 Å². The maximum Gasteiger partial charge on any atom is 0.267 e. The summed E-state index contributed by atoms with van der Waals surface area (Å²) >= 11 is 0. The Morgan fingerprint density at radius 2 is 2.00 bits per heavy atom. The molecule has 150 valence electrons. The van der Waals surface area contributed by atoms with E-state index < -0.39 is 0 Å². The number of nitrogens with zero attached hydrogens (tertiary/aromatic N) is 4. The third-order valence-electron chi connectivity index (χ3n) is 6.46. The Hall–Kier alpha value is -1.99. The van der Waals surface area contributed by atoms with Gasteiger partial charge < -0.3 is 9.26 Å². The molecule has 0 spiro atoms. The van der Waals surface area contributed by atoms with Crippen molar-refractivity contribution in [2.75, 3.05) is 19.7 Å². The summed E-state index contributed by atoms with van der Waals surface area (Å²) in [5, 5.41) is 8.97. The summed E-state index contributed by atoms with van der Waals surface area (Å²) in [6, 6.07) is 1.83. The topological polar surface area (TPSA) is 73.4 Å². The highest BCUT2D eigenvalue weighted by atomic mass is 16.5. The molecular weight excluding hydrogens is 356 g/mol. The van der Waals surface area contributed by atoms with Gasteiger partial charge in [0.25, 0.3) is 5.56 Å². The Kier molecular flexibility index (Phi) is 5.03. The van der Waals surface area contributed by atoms with E-state index in [4.69, 9.17) is 9.26 Å². The normalized spacial score (nSPS) is 20.7. The van der Waals surface area contributed by atoms with Crippen molar-refractivity contribution in [1.29, 1.82) is 0 Å². The fraction of sp³-hybridized carbons (Fsp3) is 0.667. The van der Waals surface area contributed by atoms with Crippen LogP contribution in [0.4, 0.5) is 0 Å². The van der Waals surface area contributed by atoms with Crippen LogP contribution >= 0.6 is 0 Å². The van der Waals surface area contributed by atoms with Crippen LogP contribution in [0.1, 0.15) is 54.0 Å². The number of rotatable bonds is 4. The second kappa shape index (κ2) is 7.79. The van der Waals surface area contributed by atoms with Crippen LogP contribution in [0.2, 0.25) is 0 Å². The second-order valence-corrected chi connectivity index (χ2v) is 8.40. The van der Waals surface area contributed by atoms with Crippen molar-refractivity contribution >= 4 is 0 Å². The van der Waals surface area contributed by atoms with Crippen LogP contribution in [0.25, 0.3) is 0 Å². The molecule has 7 nitrogen and oxygen atoms in total. The Bertz CT molecular complexity index is 896. The second-order valence-electron chi connectivity index (χ2n) is 8.40. The molecule has 5 rings (SSSR count). The van der Waals surface area contributed by atoms with Gasteiger partial charge in [0, 0.05) is 31.1 Å². The van der Waals surface area contributed by atoms with Crippen molar-refractivity contribution in [2.24, 2.45) is 5.92 Å². The van der Waals surface area contributed by atoms with E-state index in [0.717, 1.165) is 87.6 Å². The predicted octanol–water partition coefficient (Wildman–Crippen LogP) is 2.09. The fourth-order valence-corrected chi connectivity index (χ4v) is 4.72. The lowest BCUT2D eigenvalue weighted by atomic mass is 9.95. The minimum absolute atomic E-state index is 0.0669. The number of piperidine rings is 1. The van der Waals surface area contributed by atoms with Crippen molar-refractivity contribution in [1.82, 2.24) is 19.8 Å². The van der Waals surface area contributed by atoms with Crippen molar-refractivity contribution in [3.8, 4) is 0 Å². The highest BCUT2D eigenvalue weighted by Crippen LogP contribution is 2.25. The van der Waals surface area contributed by atoms with E-state index in [-0.39, 0.29) is 5.56 Å². The third kappa shape index (κ3) is 3.65. The molecule has 0 amide bonds. The number of ether oxygens (including phenoxy) is 1. The van der Waals surface area contributed by atoms with E-state index in [9.17, 15) is 4.79 Å². The Morgan fingerprint density at radius 3 is 2.89 bits per heavy atom. The van der Waals surface area contributed by atoms with E-state index in [2.05, 4.69) is 15.2 Å². The molecule has 0 atom stereocenters. The summed E-state index contributed by atoms with van der Waals surface area (Å²) in [6.07, 6.45) is 7.38. The fourth-order valence-electron chi connectivity index (χ4n) is 4.72. The van der Waals surface area contributed by atoms with E-state index >= 15 is 0 Å². The SMILES string of the molecule is O=c1cc2c(nn1CC1CCN(Cc3noc4c3COCC4)CC1)CCCC2. The lowest BCUT2D eigenvalue weighted by molar-refractivity contribution is 0.102. The van der Waals surface area contributed by atoms with Gasteiger partial charge in [-0.1, -0.05) is 5.16 Å². The molecule has 0 radical (unpaired) electrons. The van der Waals surface area contributed by atoms with E-state index in [1.165, 1.54) is 18.4 Å². The molecule has 1 saturated heterocycles. The van der Waals surface area contributed by atoms with Gasteiger partial charge in [-0.3, -0.25) is 9.69 Å². The standard InChI is InChI=1S/C21H28N4O3/c26-21-11-16-3-1-2-4-18(16)22-25(21)12-15-5-8-24(9-6-15)13-19-17-14-27-10-7-20(17)28-23-19/h11,15H,1-10,12-14H2. The molecule has 1 aliphatic carbocycles. The average molecular weight is 384 g/mol. The third-order valence-corrected chi connectivity index (χ3v) is 6.46. The molecule has 0 saturated carbocycles. The monoisotopic (exact) mass is 384 g/mol. The number of hydrogen-bond donors (Lipinski definition) is 0. The molecule has 0 aromatic carbocycles. The molecule has 2 aromatic heterocycles. The zero-order chi connectivity index (χ0) is 18.9. The van der Waals surface area contributed by atoms with Gasteiger partial charge in [-0.2, -0.15) is 5.10 Å². The van der Waals surface area contributed by atoms with Gasteiger partial charge in [0.1, 0.15) is 11.5 Å². The van der Waals surface area contributed by atoms with E-state index in [1.54, 1.807) is 4.68 Å². The zero-order valence-corrected chi connectivity index (χ0v) is 16.4. The smallest absolute Gasteiger partial charge is 0.267 e. The number of hydrogen-bond acceptors (Lipinski definition) is 6. The van der Waals surface area contributed by atoms with Crippen LogP contribution in [-0.4, -0.2) is 39.5 Å². The highest BCUT2D eigenvalue weighted by molar-refractivity contribution is 5.24. The first-order valence-corrected chi connectivity index (χ1v) is 10.6.